The molecule has 0 aromatic heterocycles. The first-order valence-electron chi connectivity index (χ1n) is 5.16. The van der Waals surface area contributed by atoms with Crippen LogP contribution in [0.2, 0.25) is 0 Å². The zero-order valence-electron chi connectivity index (χ0n) is 9.50. The topological polar surface area (TPSA) is 26.3 Å². The van der Waals surface area contributed by atoms with Crippen molar-refractivity contribution in [1.29, 1.82) is 0 Å². The first kappa shape index (κ1) is 11.4. The van der Waals surface area contributed by atoms with Gasteiger partial charge in [0.25, 0.3) is 0 Å². The molecule has 0 spiro atoms. The Balaban J connectivity index is 2.68. The highest BCUT2D eigenvalue weighted by Crippen LogP contribution is 2.45. The third-order valence-electron chi connectivity index (χ3n) is 2.91. The van der Waals surface area contributed by atoms with Gasteiger partial charge in [-0.2, -0.15) is 0 Å². The fourth-order valence-electron chi connectivity index (χ4n) is 1.99. The van der Waals surface area contributed by atoms with E-state index in [-0.39, 0.29) is 5.97 Å². The highest BCUT2D eigenvalue weighted by molar-refractivity contribution is 9.10. The van der Waals surface area contributed by atoms with Crippen LogP contribution in [0, 0.1) is 5.41 Å². The highest BCUT2D eigenvalue weighted by atomic mass is 79.9. The molecule has 0 bridgehead atoms. The second-order valence-electron chi connectivity index (χ2n) is 4.36. The number of hydrogen-bond acceptors (Lipinski definition) is 2. The molecular weight excluding hydrogens is 268 g/mol. The standard InChI is InChI=1S/C13H13BrO2/c1-4-10-9-7-8(14)5-6-11(9)16-12(15)13(10,2)3/h4-7H,1-3H3/b10-4+. The molecular formula is C13H13BrO2. The summed E-state index contributed by atoms with van der Waals surface area (Å²) in [5, 5.41) is 0. The largest absolute Gasteiger partial charge is 0.425 e. The molecule has 0 unspecified atom stereocenters. The molecule has 0 fully saturated rings. The third kappa shape index (κ3) is 1.59. The first-order chi connectivity index (χ1) is 7.46. The number of halogens is 1. The molecule has 2 nitrogen and oxygen atoms in total. The lowest BCUT2D eigenvalue weighted by molar-refractivity contribution is -0.141. The van der Waals surface area contributed by atoms with Gasteiger partial charge in [-0.15, -0.1) is 0 Å². The number of fused-ring (bicyclic) bond motifs is 1. The Morgan fingerprint density at radius 2 is 2.06 bits per heavy atom. The van der Waals surface area contributed by atoms with E-state index < -0.39 is 5.41 Å². The molecule has 2 rings (SSSR count). The summed E-state index contributed by atoms with van der Waals surface area (Å²) in [6.07, 6.45) is 1.98. The van der Waals surface area contributed by atoms with Gasteiger partial charge in [0.2, 0.25) is 0 Å². The molecule has 0 radical (unpaired) electrons. The van der Waals surface area contributed by atoms with Gasteiger partial charge in [-0.25, -0.2) is 0 Å². The van der Waals surface area contributed by atoms with Crippen LogP contribution in [0.1, 0.15) is 26.3 Å². The van der Waals surface area contributed by atoms with E-state index in [1.165, 1.54) is 0 Å². The molecule has 0 amide bonds. The van der Waals surface area contributed by atoms with E-state index in [0.29, 0.717) is 5.75 Å². The predicted molar refractivity (Wildman–Crippen MR) is 67.2 cm³/mol. The van der Waals surface area contributed by atoms with Crippen molar-refractivity contribution in [2.45, 2.75) is 20.8 Å². The minimum Gasteiger partial charge on any atom is -0.425 e. The summed E-state index contributed by atoms with van der Waals surface area (Å²) in [4.78, 5) is 11.9. The Bertz CT molecular complexity index is 487. The third-order valence-corrected chi connectivity index (χ3v) is 3.40. The van der Waals surface area contributed by atoms with E-state index in [2.05, 4.69) is 15.9 Å². The summed E-state index contributed by atoms with van der Waals surface area (Å²) >= 11 is 3.43. The van der Waals surface area contributed by atoms with Crippen LogP contribution < -0.4 is 4.74 Å². The molecule has 0 aliphatic carbocycles. The van der Waals surface area contributed by atoms with Crippen LogP contribution in [-0.2, 0) is 4.79 Å². The van der Waals surface area contributed by atoms with Gasteiger partial charge in [0.1, 0.15) is 5.75 Å². The Hall–Kier alpha value is -1.09. The van der Waals surface area contributed by atoms with Gasteiger partial charge in [0.15, 0.2) is 0 Å². The van der Waals surface area contributed by atoms with Gasteiger partial charge >= 0.3 is 5.97 Å². The molecule has 1 aliphatic heterocycles. The lowest BCUT2D eigenvalue weighted by Gasteiger charge is -2.32. The number of carbonyl (C=O) groups excluding carboxylic acids is 1. The van der Waals surface area contributed by atoms with Crippen molar-refractivity contribution >= 4 is 27.5 Å². The van der Waals surface area contributed by atoms with Crippen LogP contribution in [0.3, 0.4) is 0 Å². The second-order valence-corrected chi connectivity index (χ2v) is 5.27. The highest BCUT2D eigenvalue weighted by Gasteiger charge is 2.39. The minimum atomic E-state index is -0.581. The summed E-state index contributed by atoms with van der Waals surface area (Å²) in [5.41, 5.74) is 1.42. The Kier molecular flexibility index (Phi) is 2.66. The lowest BCUT2D eigenvalue weighted by atomic mass is 9.78. The molecule has 0 N–H and O–H groups in total. The maximum Gasteiger partial charge on any atom is 0.321 e. The van der Waals surface area contributed by atoms with Crippen LogP contribution in [0.5, 0.6) is 5.75 Å². The maximum atomic E-state index is 11.9. The van der Waals surface area contributed by atoms with Gasteiger partial charge in [0.05, 0.1) is 5.41 Å². The van der Waals surface area contributed by atoms with Crippen molar-refractivity contribution in [1.82, 2.24) is 0 Å². The van der Waals surface area contributed by atoms with Crippen LogP contribution in [-0.4, -0.2) is 5.97 Å². The minimum absolute atomic E-state index is 0.199. The lowest BCUT2D eigenvalue weighted by Crippen LogP contribution is -2.34. The number of rotatable bonds is 0. The fraction of sp³-hybridized carbons (Fsp3) is 0.308. The molecule has 1 heterocycles. The quantitative estimate of drug-likeness (QED) is 0.534. The summed E-state index contributed by atoms with van der Waals surface area (Å²) < 4.78 is 6.32. The van der Waals surface area contributed by atoms with Gasteiger partial charge in [-0.3, -0.25) is 4.79 Å². The van der Waals surface area contributed by atoms with Crippen LogP contribution >= 0.6 is 15.9 Å². The van der Waals surface area contributed by atoms with E-state index in [0.717, 1.165) is 15.6 Å². The number of esters is 1. The van der Waals surface area contributed by atoms with Gasteiger partial charge in [-0.05, 0) is 44.5 Å². The first-order valence-corrected chi connectivity index (χ1v) is 5.95. The molecule has 1 aliphatic rings. The predicted octanol–water partition coefficient (Wildman–Crippen LogP) is 3.80. The van der Waals surface area contributed by atoms with Crippen molar-refractivity contribution < 1.29 is 9.53 Å². The second kappa shape index (κ2) is 3.74. The van der Waals surface area contributed by atoms with E-state index in [1.54, 1.807) is 0 Å². The summed E-state index contributed by atoms with van der Waals surface area (Å²) in [6.45, 7) is 5.71. The Morgan fingerprint density at radius 3 is 2.69 bits per heavy atom. The van der Waals surface area contributed by atoms with Crippen LogP contribution in [0.25, 0.3) is 5.57 Å². The van der Waals surface area contributed by atoms with Crippen molar-refractivity contribution in [3.05, 3.63) is 34.3 Å². The average Bonchev–Trinajstić information content (AvgIpc) is 2.21. The fourth-order valence-corrected chi connectivity index (χ4v) is 2.35. The molecule has 0 saturated heterocycles. The zero-order valence-corrected chi connectivity index (χ0v) is 11.1. The van der Waals surface area contributed by atoms with Gasteiger partial charge < -0.3 is 4.74 Å². The van der Waals surface area contributed by atoms with Gasteiger partial charge in [0, 0.05) is 10.0 Å². The smallest absolute Gasteiger partial charge is 0.321 e. The van der Waals surface area contributed by atoms with Crippen molar-refractivity contribution in [2.75, 3.05) is 0 Å². The SMILES string of the molecule is C/C=C1\c2cc(Br)ccc2OC(=O)C1(C)C. The molecule has 3 heteroatoms. The average molecular weight is 281 g/mol. The van der Waals surface area contributed by atoms with E-state index >= 15 is 0 Å². The Morgan fingerprint density at radius 1 is 1.38 bits per heavy atom. The van der Waals surface area contributed by atoms with Crippen LogP contribution in [0.15, 0.2) is 28.7 Å². The summed E-state index contributed by atoms with van der Waals surface area (Å²) in [6, 6.07) is 5.67. The monoisotopic (exact) mass is 280 g/mol. The van der Waals surface area contributed by atoms with Crippen molar-refractivity contribution in [3.8, 4) is 5.75 Å². The normalized spacial score (nSPS) is 20.5. The van der Waals surface area contributed by atoms with Crippen molar-refractivity contribution in [3.63, 3.8) is 0 Å². The van der Waals surface area contributed by atoms with Crippen LogP contribution in [0.4, 0.5) is 0 Å². The molecule has 84 valence electrons. The van der Waals surface area contributed by atoms with Gasteiger partial charge in [-0.1, -0.05) is 22.0 Å². The maximum absolute atomic E-state index is 11.9. The zero-order chi connectivity index (χ0) is 11.9. The molecule has 1 aromatic carbocycles. The summed E-state index contributed by atoms with van der Waals surface area (Å²) in [7, 11) is 0. The summed E-state index contributed by atoms with van der Waals surface area (Å²) in [5.74, 6) is 0.441. The Labute approximate surface area is 103 Å². The molecule has 16 heavy (non-hydrogen) atoms. The molecule has 0 atom stereocenters. The number of allylic oxidation sites excluding steroid dienone is 1. The number of carbonyl (C=O) groups is 1. The van der Waals surface area contributed by atoms with Crippen molar-refractivity contribution in [2.24, 2.45) is 5.41 Å². The van der Waals surface area contributed by atoms with E-state index in [9.17, 15) is 4.79 Å². The number of benzene rings is 1. The number of ether oxygens (including phenoxy) is 1. The van der Waals surface area contributed by atoms with E-state index in [1.807, 2.05) is 45.0 Å². The molecule has 0 saturated carbocycles. The van der Waals surface area contributed by atoms with E-state index in [4.69, 9.17) is 4.74 Å². The molecule has 1 aromatic rings. The number of hydrogen-bond donors (Lipinski definition) is 0.